The molecule has 0 radical (unpaired) electrons. The van der Waals surface area contributed by atoms with Crippen LogP contribution in [0.3, 0.4) is 0 Å². The number of carbonyl (C=O) groups excluding carboxylic acids is 1. The van der Waals surface area contributed by atoms with Gasteiger partial charge in [0.05, 0.1) is 6.61 Å². The largest absolute Gasteiger partial charge is 0.392 e. The van der Waals surface area contributed by atoms with Gasteiger partial charge >= 0.3 is 0 Å². The number of ketones is 1. The van der Waals surface area contributed by atoms with Crippen molar-refractivity contribution in [3.05, 3.63) is 71.3 Å². The second-order valence-corrected chi connectivity index (χ2v) is 3.94. The van der Waals surface area contributed by atoms with E-state index in [1.165, 1.54) is 0 Å². The highest BCUT2D eigenvalue weighted by atomic mass is 16.3. The molecule has 0 aliphatic rings. The molecule has 0 unspecified atom stereocenters. The third kappa shape index (κ3) is 3.02. The van der Waals surface area contributed by atoms with Crippen LogP contribution in [0.1, 0.15) is 21.5 Å². The highest BCUT2D eigenvalue weighted by Gasteiger charge is 2.06. The van der Waals surface area contributed by atoms with Crippen LogP contribution < -0.4 is 0 Å². The van der Waals surface area contributed by atoms with Crippen molar-refractivity contribution in [3.63, 3.8) is 0 Å². The van der Waals surface area contributed by atoms with E-state index in [1.54, 1.807) is 0 Å². The first kappa shape index (κ1) is 11.6. The fourth-order valence-corrected chi connectivity index (χ4v) is 1.75. The molecule has 2 nitrogen and oxygen atoms in total. The minimum atomic E-state index is 0.00731. The van der Waals surface area contributed by atoms with Gasteiger partial charge in [-0.15, -0.1) is 0 Å². The van der Waals surface area contributed by atoms with Gasteiger partial charge in [0.15, 0.2) is 5.78 Å². The van der Waals surface area contributed by atoms with Crippen molar-refractivity contribution in [2.24, 2.45) is 0 Å². The molecule has 2 aromatic rings. The lowest BCUT2D eigenvalue weighted by molar-refractivity contribution is 0.0993. The summed E-state index contributed by atoms with van der Waals surface area (Å²) in [5.74, 6) is 0.0979. The molecule has 1 N–H and O–H groups in total. The number of hydrogen-bond acceptors (Lipinski definition) is 2. The van der Waals surface area contributed by atoms with Crippen molar-refractivity contribution in [1.29, 1.82) is 0 Å². The van der Waals surface area contributed by atoms with Gasteiger partial charge in [-0.1, -0.05) is 54.6 Å². The van der Waals surface area contributed by atoms with Gasteiger partial charge in [0, 0.05) is 12.0 Å². The van der Waals surface area contributed by atoms with Crippen LogP contribution in [-0.4, -0.2) is 10.9 Å². The van der Waals surface area contributed by atoms with Crippen LogP contribution in [-0.2, 0) is 13.0 Å². The van der Waals surface area contributed by atoms with Gasteiger partial charge in [0.2, 0.25) is 0 Å². The molecular weight excluding hydrogens is 212 g/mol. The lowest BCUT2D eigenvalue weighted by Gasteiger charge is -2.03. The quantitative estimate of drug-likeness (QED) is 0.814. The molecule has 0 atom stereocenters. The van der Waals surface area contributed by atoms with Crippen molar-refractivity contribution >= 4 is 5.78 Å². The van der Waals surface area contributed by atoms with Crippen molar-refractivity contribution in [2.45, 2.75) is 13.0 Å². The number of rotatable bonds is 4. The molecule has 0 saturated heterocycles. The van der Waals surface area contributed by atoms with Gasteiger partial charge in [-0.2, -0.15) is 0 Å². The topological polar surface area (TPSA) is 37.3 Å². The second-order valence-electron chi connectivity index (χ2n) is 3.94. The van der Waals surface area contributed by atoms with Crippen LogP contribution in [0.4, 0.5) is 0 Å². The van der Waals surface area contributed by atoms with Crippen LogP contribution in [0, 0.1) is 0 Å². The lowest BCUT2D eigenvalue weighted by Crippen LogP contribution is -2.03. The maximum absolute atomic E-state index is 12.0. The first-order valence-electron chi connectivity index (χ1n) is 5.56. The fourth-order valence-electron chi connectivity index (χ4n) is 1.75. The summed E-state index contributed by atoms with van der Waals surface area (Å²) in [7, 11) is 0. The van der Waals surface area contributed by atoms with E-state index in [0.717, 1.165) is 16.7 Å². The van der Waals surface area contributed by atoms with Crippen molar-refractivity contribution < 1.29 is 9.90 Å². The Bertz CT molecular complexity index is 503. The summed E-state index contributed by atoms with van der Waals surface area (Å²) < 4.78 is 0. The zero-order valence-electron chi connectivity index (χ0n) is 9.47. The molecule has 0 aliphatic carbocycles. The van der Waals surface area contributed by atoms with Gasteiger partial charge in [-0.3, -0.25) is 4.79 Å². The molecule has 2 rings (SSSR count). The summed E-state index contributed by atoms with van der Waals surface area (Å²) in [4.78, 5) is 12.0. The van der Waals surface area contributed by atoms with Crippen molar-refractivity contribution in [3.8, 4) is 0 Å². The number of carbonyl (C=O) groups is 1. The molecule has 0 spiro atoms. The molecule has 0 fully saturated rings. The van der Waals surface area contributed by atoms with Gasteiger partial charge in [-0.05, 0) is 11.1 Å². The highest BCUT2D eigenvalue weighted by Crippen LogP contribution is 2.10. The van der Waals surface area contributed by atoms with Crippen LogP contribution in [0.15, 0.2) is 54.6 Å². The molecule has 0 aromatic heterocycles. The molecule has 0 heterocycles. The van der Waals surface area contributed by atoms with E-state index in [2.05, 4.69) is 0 Å². The highest BCUT2D eigenvalue weighted by molar-refractivity contribution is 5.97. The zero-order chi connectivity index (χ0) is 12.1. The summed E-state index contributed by atoms with van der Waals surface area (Å²) in [5, 5.41) is 9.03. The Morgan fingerprint density at radius 2 is 1.65 bits per heavy atom. The molecular formula is C15H14O2. The van der Waals surface area contributed by atoms with Gasteiger partial charge < -0.3 is 5.11 Å². The minimum Gasteiger partial charge on any atom is -0.392 e. The predicted molar refractivity (Wildman–Crippen MR) is 66.8 cm³/mol. The number of hydrogen-bond donors (Lipinski definition) is 1. The first-order valence-corrected chi connectivity index (χ1v) is 5.56. The zero-order valence-corrected chi connectivity index (χ0v) is 9.47. The normalized spacial score (nSPS) is 10.2. The molecule has 0 aliphatic heterocycles. The summed E-state index contributed by atoms with van der Waals surface area (Å²) in [6.45, 7) is 0.00731. The van der Waals surface area contributed by atoms with E-state index in [1.807, 2.05) is 54.6 Å². The van der Waals surface area contributed by atoms with Gasteiger partial charge in [0.1, 0.15) is 0 Å². The third-order valence-electron chi connectivity index (χ3n) is 2.63. The van der Waals surface area contributed by atoms with Gasteiger partial charge in [-0.25, -0.2) is 0 Å². The maximum atomic E-state index is 12.0. The van der Waals surface area contributed by atoms with Crippen LogP contribution in [0.5, 0.6) is 0 Å². The maximum Gasteiger partial charge on any atom is 0.167 e. The second kappa shape index (κ2) is 5.41. The standard InChI is InChI=1S/C15H14O2/c16-11-13-6-4-5-12(9-13)10-15(17)14-7-2-1-3-8-14/h1-9,16H,10-11H2. The molecule has 0 saturated carbocycles. The molecule has 2 heteroatoms. The van der Waals surface area contributed by atoms with E-state index in [-0.39, 0.29) is 12.4 Å². The Morgan fingerprint density at radius 3 is 2.35 bits per heavy atom. The van der Waals surface area contributed by atoms with E-state index in [9.17, 15) is 4.79 Å². The Kier molecular flexibility index (Phi) is 3.68. The summed E-state index contributed by atoms with van der Waals surface area (Å²) in [5.41, 5.74) is 2.50. The van der Waals surface area contributed by atoms with E-state index < -0.39 is 0 Å². The Balaban J connectivity index is 2.13. The monoisotopic (exact) mass is 226 g/mol. The molecule has 17 heavy (non-hydrogen) atoms. The predicted octanol–water partition coefficient (Wildman–Crippen LogP) is 2.60. The van der Waals surface area contributed by atoms with Crippen molar-refractivity contribution in [1.82, 2.24) is 0 Å². The fraction of sp³-hybridized carbons (Fsp3) is 0.133. The molecule has 2 aromatic carbocycles. The number of benzene rings is 2. The minimum absolute atomic E-state index is 0.00731. The molecule has 0 bridgehead atoms. The lowest BCUT2D eigenvalue weighted by atomic mass is 10.0. The Hall–Kier alpha value is -1.93. The number of Topliss-reactive ketones (excluding diaryl/α,β-unsaturated/α-hetero) is 1. The van der Waals surface area contributed by atoms with Gasteiger partial charge in [0.25, 0.3) is 0 Å². The number of aliphatic hydroxyl groups excluding tert-OH is 1. The van der Waals surface area contributed by atoms with Crippen molar-refractivity contribution in [2.75, 3.05) is 0 Å². The SMILES string of the molecule is O=C(Cc1cccc(CO)c1)c1ccccc1. The van der Waals surface area contributed by atoms with E-state index in [4.69, 9.17) is 5.11 Å². The third-order valence-corrected chi connectivity index (χ3v) is 2.63. The van der Waals surface area contributed by atoms with Crippen LogP contribution in [0.2, 0.25) is 0 Å². The van der Waals surface area contributed by atoms with E-state index in [0.29, 0.717) is 6.42 Å². The number of aliphatic hydroxyl groups is 1. The molecule has 0 amide bonds. The smallest absolute Gasteiger partial charge is 0.167 e. The first-order chi connectivity index (χ1) is 8.29. The average molecular weight is 226 g/mol. The average Bonchev–Trinajstić information content (AvgIpc) is 2.40. The summed E-state index contributed by atoms with van der Waals surface area (Å²) >= 11 is 0. The Morgan fingerprint density at radius 1 is 0.941 bits per heavy atom. The van der Waals surface area contributed by atoms with Crippen LogP contribution in [0.25, 0.3) is 0 Å². The van der Waals surface area contributed by atoms with E-state index >= 15 is 0 Å². The summed E-state index contributed by atoms with van der Waals surface area (Å²) in [6.07, 6.45) is 0.373. The van der Waals surface area contributed by atoms with Crippen LogP contribution >= 0.6 is 0 Å². The molecule has 86 valence electrons. The summed E-state index contributed by atoms with van der Waals surface area (Å²) in [6, 6.07) is 16.7. The Labute approximate surface area is 101 Å².